The summed E-state index contributed by atoms with van der Waals surface area (Å²) in [6.07, 6.45) is 4.02. The molecule has 0 N–H and O–H groups in total. The van der Waals surface area contributed by atoms with Gasteiger partial charge in [-0.2, -0.15) is 0 Å². The van der Waals surface area contributed by atoms with Gasteiger partial charge in [-0.15, -0.1) is 0 Å². The van der Waals surface area contributed by atoms with E-state index < -0.39 is 0 Å². The van der Waals surface area contributed by atoms with Crippen LogP contribution in [0.4, 0.5) is 0 Å². The first-order chi connectivity index (χ1) is 11.1. The van der Waals surface area contributed by atoms with Gasteiger partial charge in [0.15, 0.2) is 0 Å². The summed E-state index contributed by atoms with van der Waals surface area (Å²) >= 11 is 0. The average Bonchev–Trinajstić information content (AvgIpc) is 3.08. The molecule has 0 atom stereocenters. The highest BCUT2D eigenvalue weighted by Crippen LogP contribution is 2.24. The molecule has 0 spiro atoms. The third-order valence-corrected chi connectivity index (χ3v) is 3.90. The largest absolute Gasteiger partial charge is 0.491 e. The molecule has 1 saturated heterocycles. The first-order valence-corrected chi connectivity index (χ1v) is 8.16. The Kier molecular flexibility index (Phi) is 4.60. The molecule has 1 amide bonds. The van der Waals surface area contributed by atoms with Crippen molar-refractivity contribution in [1.29, 1.82) is 0 Å². The molecule has 1 aliphatic heterocycles. The van der Waals surface area contributed by atoms with Crippen LogP contribution in [0.3, 0.4) is 0 Å². The van der Waals surface area contributed by atoms with E-state index in [1.165, 1.54) is 0 Å². The van der Waals surface area contributed by atoms with Gasteiger partial charge in [-0.25, -0.2) is 0 Å². The molecule has 2 aromatic rings. The SMILES string of the molecule is CC(C)Oc1cccc(-c2cc(C(=O)N3CCCC3)ccn2)c1. The van der Waals surface area contributed by atoms with Crippen molar-refractivity contribution < 1.29 is 9.53 Å². The summed E-state index contributed by atoms with van der Waals surface area (Å²) in [7, 11) is 0. The minimum atomic E-state index is 0.0979. The molecule has 1 aliphatic rings. The predicted molar refractivity (Wildman–Crippen MR) is 90.6 cm³/mol. The van der Waals surface area contributed by atoms with Crippen molar-refractivity contribution in [1.82, 2.24) is 9.88 Å². The molecule has 3 rings (SSSR count). The van der Waals surface area contributed by atoms with Crippen LogP contribution in [-0.2, 0) is 0 Å². The van der Waals surface area contributed by atoms with Gasteiger partial charge in [-0.3, -0.25) is 9.78 Å². The molecule has 0 unspecified atom stereocenters. The van der Waals surface area contributed by atoms with Crippen molar-refractivity contribution >= 4 is 5.91 Å². The summed E-state index contributed by atoms with van der Waals surface area (Å²) in [5.41, 5.74) is 2.45. The fourth-order valence-electron chi connectivity index (χ4n) is 2.83. The predicted octanol–water partition coefficient (Wildman–Crippen LogP) is 3.77. The minimum absolute atomic E-state index is 0.0979. The smallest absolute Gasteiger partial charge is 0.253 e. The third kappa shape index (κ3) is 3.70. The van der Waals surface area contributed by atoms with Gasteiger partial charge in [0, 0.05) is 30.4 Å². The van der Waals surface area contributed by atoms with Gasteiger partial charge in [-0.1, -0.05) is 12.1 Å². The molecule has 120 valence electrons. The number of hydrogen-bond acceptors (Lipinski definition) is 3. The lowest BCUT2D eigenvalue weighted by molar-refractivity contribution is 0.0792. The summed E-state index contributed by atoms with van der Waals surface area (Å²) in [4.78, 5) is 18.8. The highest BCUT2D eigenvalue weighted by molar-refractivity contribution is 5.95. The third-order valence-electron chi connectivity index (χ3n) is 3.90. The van der Waals surface area contributed by atoms with E-state index in [0.717, 1.165) is 42.9 Å². The van der Waals surface area contributed by atoms with E-state index in [1.54, 1.807) is 12.3 Å². The normalized spacial score (nSPS) is 14.3. The van der Waals surface area contributed by atoms with Crippen LogP contribution < -0.4 is 4.74 Å². The minimum Gasteiger partial charge on any atom is -0.491 e. The number of pyridine rings is 1. The number of ether oxygens (including phenoxy) is 1. The van der Waals surface area contributed by atoms with Gasteiger partial charge >= 0.3 is 0 Å². The van der Waals surface area contributed by atoms with Crippen molar-refractivity contribution in [2.45, 2.75) is 32.8 Å². The number of carbonyl (C=O) groups excluding carboxylic acids is 1. The Morgan fingerprint density at radius 3 is 2.70 bits per heavy atom. The number of benzene rings is 1. The molecule has 4 heteroatoms. The van der Waals surface area contributed by atoms with Gasteiger partial charge in [0.2, 0.25) is 0 Å². The molecule has 0 bridgehead atoms. The molecule has 1 aromatic heterocycles. The number of amides is 1. The zero-order chi connectivity index (χ0) is 16.2. The highest BCUT2D eigenvalue weighted by atomic mass is 16.5. The number of carbonyl (C=O) groups is 1. The molecule has 0 saturated carbocycles. The van der Waals surface area contributed by atoms with Gasteiger partial charge in [0.05, 0.1) is 11.8 Å². The Balaban J connectivity index is 1.86. The summed E-state index contributed by atoms with van der Waals surface area (Å²) < 4.78 is 5.73. The second kappa shape index (κ2) is 6.82. The molecule has 1 fully saturated rings. The van der Waals surface area contributed by atoms with Crippen molar-refractivity contribution in [3.8, 4) is 17.0 Å². The first-order valence-electron chi connectivity index (χ1n) is 8.16. The maximum absolute atomic E-state index is 12.5. The van der Waals surface area contributed by atoms with Crippen LogP contribution in [0, 0.1) is 0 Å². The Labute approximate surface area is 137 Å². The number of nitrogens with zero attached hydrogens (tertiary/aromatic N) is 2. The number of rotatable bonds is 4. The molecule has 0 radical (unpaired) electrons. The molecule has 0 aliphatic carbocycles. The van der Waals surface area contributed by atoms with Gasteiger partial charge in [-0.05, 0) is 51.0 Å². The maximum atomic E-state index is 12.5. The molecular weight excluding hydrogens is 288 g/mol. The van der Waals surface area contributed by atoms with Crippen LogP contribution >= 0.6 is 0 Å². The van der Waals surface area contributed by atoms with E-state index in [2.05, 4.69) is 4.98 Å². The standard InChI is InChI=1S/C19H22N2O2/c1-14(2)23-17-7-5-6-15(12-17)18-13-16(8-9-20-18)19(22)21-10-3-4-11-21/h5-9,12-14H,3-4,10-11H2,1-2H3. The average molecular weight is 310 g/mol. The van der Waals surface area contributed by atoms with E-state index in [9.17, 15) is 4.79 Å². The van der Waals surface area contributed by atoms with Crippen LogP contribution in [0.5, 0.6) is 5.75 Å². The lowest BCUT2D eigenvalue weighted by atomic mass is 10.1. The molecule has 1 aromatic carbocycles. The molecule has 23 heavy (non-hydrogen) atoms. The Hall–Kier alpha value is -2.36. The van der Waals surface area contributed by atoms with Gasteiger partial charge in [0.1, 0.15) is 5.75 Å². The van der Waals surface area contributed by atoms with Crippen molar-refractivity contribution in [3.05, 3.63) is 48.2 Å². The monoisotopic (exact) mass is 310 g/mol. The van der Waals surface area contributed by atoms with E-state index in [-0.39, 0.29) is 12.0 Å². The topological polar surface area (TPSA) is 42.4 Å². The zero-order valence-corrected chi connectivity index (χ0v) is 13.7. The number of hydrogen-bond donors (Lipinski definition) is 0. The van der Waals surface area contributed by atoms with Crippen LogP contribution in [0.2, 0.25) is 0 Å². The van der Waals surface area contributed by atoms with Crippen molar-refractivity contribution in [2.75, 3.05) is 13.1 Å². The molecule has 2 heterocycles. The molecule has 4 nitrogen and oxygen atoms in total. The summed E-state index contributed by atoms with van der Waals surface area (Å²) in [5, 5.41) is 0. The highest BCUT2D eigenvalue weighted by Gasteiger charge is 2.19. The summed E-state index contributed by atoms with van der Waals surface area (Å²) in [6, 6.07) is 11.5. The fraction of sp³-hybridized carbons (Fsp3) is 0.368. The van der Waals surface area contributed by atoms with E-state index >= 15 is 0 Å². The Bertz CT molecular complexity index is 691. The summed E-state index contributed by atoms with van der Waals surface area (Å²) in [5.74, 6) is 0.913. The van der Waals surface area contributed by atoms with E-state index in [4.69, 9.17) is 4.74 Å². The first kappa shape index (κ1) is 15.5. The molecular formula is C19H22N2O2. The Morgan fingerprint density at radius 2 is 1.96 bits per heavy atom. The quantitative estimate of drug-likeness (QED) is 0.863. The van der Waals surface area contributed by atoms with Crippen LogP contribution in [0.25, 0.3) is 11.3 Å². The fourth-order valence-corrected chi connectivity index (χ4v) is 2.83. The number of aromatic nitrogens is 1. The lowest BCUT2D eigenvalue weighted by Crippen LogP contribution is -2.27. The Morgan fingerprint density at radius 1 is 1.17 bits per heavy atom. The second-order valence-electron chi connectivity index (χ2n) is 6.12. The van der Waals surface area contributed by atoms with Crippen LogP contribution in [-0.4, -0.2) is 35.0 Å². The maximum Gasteiger partial charge on any atom is 0.253 e. The zero-order valence-electron chi connectivity index (χ0n) is 13.7. The number of likely N-dealkylation sites (tertiary alicyclic amines) is 1. The van der Waals surface area contributed by atoms with Crippen LogP contribution in [0.15, 0.2) is 42.6 Å². The summed E-state index contributed by atoms with van der Waals surface area (Å²) in [6.45, 7) is 5.71. The van der Waals surface area contributed by atoms with E-state index in [1.807, 2.05) is 49.1 Å². The van der Waals surface area contributed by atoms with Gasteiger partial charge < -0.3 is 9.64 Å². The van der Waals surface area contributed by atoms with Crippen molar-refractivity contribution in [2.24, 2.45) is 0 Å². The second-order valence-corrected chi connectivity index (χ2v) is 6.12. The van der Waals surface area contributed by atoms with E-state index in [0.29, 0.717) is 5.56 Å². The lowest BCUT2D eigenvalue weighted by Gasteiger charge is -2.15. The van der Waals surface area contributed by atoms with Gasteiger partial charge in [0.25, 0.3) is 5.91 Å². The van der Waals surface area contributed by atoms with Crippen molar-refractivity contribution in [3.63, 3.8) is 0 Å². The van der Waals surface area contributed by atoms with Crippen LogP contribution in [0.1, 0.15) is 37.0 Å².